The summed E-state index contributed by atoms with van der Waals surface area (Å²) in [4.78, 5) is 2.61. The van der Waals surface area contributed by atoms with E-state index >= 15 is 0 Å². The van der Waals surface area contributed by atoms with Crippen LogP contribution in [-0.4, -0.2) is 31.1 Å². The van der Waals surface area contributed by atoms with Gasteiger partial charge >= 0.3 is 0 Å². The van der Waals surface area contributed by atoms with Crippen LogP contribution in [0, 0.1) is 5.92 Å². The largest absolute Gasteiger partial charge is 0.312 e. The van der Waals surface area contributed by atoms with E-state index in [1.165, 1.54) is 24.8 Å². The molecule has 2 nitrogen and oxygen atoms in total. The van der Waals surface area contributed by atoms with Gasteiger partial charge in [-0.3, -0.25) is 4.90 Å². The first-order chi connectivity index (χ1) is 9.15. The second-order valence-corrected chi connectivity index (χ2v) is 6.16. The normalized spacial score (nSPS) is 19.5. The van der Waals surface area contributed by atoms with Crippen LogP contribution in [-0.2, 0) is 0 Å². The highest BCUT2D eigenvalue weighted by atomic mass is 15.2. The molecule has 1 fully saturated rings. The molecule has 1 saturated carbocycles. The zero-order chi connectivity index (χ0) is 13.8. The van der Waals surface area contributed by atoms with E-state index < -0.39 is 0 Å². The molecular formula is C17H28N2. The third-order valence-electron chi connectivity index (χ3n) is 4.62. The summed E-state index contributed by atoms with van der Waals surface area (Å²) in [6.45, 7) is 4.68. The Morgan fingerprint density at radius 3 is 2.21 bits per heavy atom. The quantitative estimate of drug-likeness (QED) is 0.842. The lowest BCUT2D eigenvalue weighted by Crippen LogP contribution is -2.51. The van der Waals surface area contributed by atoms with E-state index in [2.05, 4.69) is 68.5 Å². The predicted octanol–water partition coefficient (Wildman–Crippen LogP) is 3.46. The van der Waals surface area contributed by atoms with Gasteiger partial charge in [0.25, 0.3) is 0 Å². The molecule has 0 bridgehead atoms. The molecule has 2 unspecified atom stereocenters. The van der Waals surface area contributed by atoms with Crippen LogP contribution in [0.1, 0.15) is 44.7 Å². The van der Waals surface area contributed by atoms with Gasteiger partial charge in [-0.1, -0.05) is 50.6 Å². The van der Waals surface area contributed by atoms with Gasteiger partial charge in [-0.05, 0) is 38.4 Å². The molecule has 1 aliphatic carbocycles. The van der Waals surface area contributed by atoms with Gasteiger partial charge in [-0.15, -0.1) is 0 Å². The van der Waals surface area contributed by atoms with Crippen molar-refractivity contribution in [1.29, 1.82) is 0 Å². The lowest BCUT2D eigenvalue weighted by atomic mass is 9.84. The van der Waals surface area contributed by atoms with Crippen LogP contribution in [0.3, 0.4) is 0 Å². The number of likely N-dealkylation sites (N-methyl/N-ethyl adjacent to an activating group) is 2. The highest BCUT2D eigenvalue weighted by molar-refractivity contribution is 5.21. The maximum Gasteiger partial charge on any atom is 0.0478 e. The first-order valence-corrected chi connectivity index (χ1v) is 7.59. The Kier molecular flexibility index (Phi) is 5.00. The van der Waals surface area contributed by atoms with Gasteiger partial charge in [0.05, 0.1) is 0 Å². The number of nitrogens with zero attached hydrogens (tertiary/aromatic N) is 1. The molecule has 0 saturated heterocycles. The maximum atomic E-state index is 3.54. The van der Waals surface area contributed by atoms with E-state index in [1.54, 1.807) is 0 Å². The number of hydrogen-bond donors (Lipinski definition) is 1. The Hall–Kier alpha value is -0.860. The molecule has 0 amide bonds. The molecule has 0 aromatic heterocycles. The highest BCUT2D eigenvalue weighted by Gasteiger charge is 2.34. The minimum Gasteiger partial charge on any atom is -0.312 e. The molecule has 1 aliphatic rings. The van der Waals surface area contributed by atoms with Crippen LogP contribution in [0.2, 0.25) is 0 Å². The highest BCUT2D eigenvalue weighted by Crippen LogP contribution is 2.32. The topological polar surface area (TPSA) is 15.3 Å². The average molecular weight is 260 g/mol. The molecule has 106 valence electrons. The molecule has 0 aliphatic heterocycles. The van der Waals surface area contributed by atoms with Gasteiger partial charge in [-0.2, -0.15) is 0 Å². The van der Waals surface area contributed by atoms with Crippen molar-refractivity contribution < 1.29 is 0 Å². The zero-order valence-corrected chi connectivity index (χ0v) is 12.8. The van der Waals surface area contributed by atoms with Crippen molar-refractivity contribution in [2.45, 2.75) is 51.2 Å². The molecule has 1 aromatic carbocycles. The lowest BCUT2D eigenvalue weighted by molar-refractivity contribution is 0.0623. The fraction of sp³-hybridized carbons (Fsp3) is 0.647. The van der Waals surface area contributed by atoms with Crippen molar-refractivity contribution in [1.82, 2.24) is 10.2 Å². The second-order valence-electron chi connectivity index (χ2n) is 6.16. The first-order valence-electron chi connectivity index (χ1n) is 7.59. The Bertz CT molecular complexity index is 370. The van der Waals surface area contributed by atoms with Crippen molar-refractivity contribution in [3.8, 4) is 0 Å². The van der Waals surface area contributed by atoms with Crippen LogP contribution in [0.15, 0.2) is 30.3 Å². The smallest absolute Gasteiger partial charge is 0.0478 e. The fourth-order valence-electron chi connectivity index (χ4n) is 3.32. The Morgan fingerprint density at radius 2 is 1.79 bits per heavy atom. The summed E-state index contributed by atoms with van der Waals surface area (Å²) in [5.41, 5.74) is 1.40. The van der Waals surface area contributed by atoms with E-state index in [0.717, 1.165) is 6.04 Å². The minimum atomic E-state index is 0.409. The van der Waals surface area contributed by atoms with E-state index in [0.29, 0.717) is 18.0 Å². The summed E-state index contributed by atoms with van der Waals surface area (Å²) in [5, 5.41) is 3.54. The van der Waals surface area contributed by atoms with Crippen molar-refractivity contribution in [3.05, 3.63) is 35.9 Å². The molecular weight excluding hydrogens is 232 g/mol. The van der Waals surface area contributed by atoms with E-state index in [-0.39, 0.29) is 0 Å². The first kappa shape index (κ1) is 14.5. The number of nitrogens with one attached hydrogen (secondary N) is 1. The average Bonchev–Trinajstić information content (AvgIpc) is 2.34. The van der Waals surface area contributed by atoms with Crippen LogP contribution in [0.25, 0.3) is 0 Å². The molecule has 0 heterocycles. The van der Waals surface area contributed by atoms with E-state index in [1.807, 2.05) is 0 Å². The molecule has 19 heavy (non-hydrogen) atoms. The SMILES string of the molecule is CNC(c1ccccc1)C(C(C)C)N(C)C1CCC1. The molecule has 2 heteroatoms. The third-order valence-corrected chi connectivity index (χ3v) is 4.62. The van der Waals surface area contributed by atoms with Gasteiger partial charge in [0.15, 0.2) is 0 Å². The molecule has 1 N–H and O–H groups in total. The van der Waals surface area contributed by atoms with Crippen molar-refractivity contribution in [2.75, 3.05) is 14.1 Å². The maximum absolute atomic E-state index is 3.54. The second kappa shape index (κ2) is 6.53. The Labute approximate surface area is 118 Å². The summed E-state index contributed by atoms with van der Waals surface area (Å²) in [6, 6.07) is 12.6. The van der Waals surface area contributed by atoms with E-state index in [9.17, 15) is 0 Å². The number of benzene rings is 1. The van der Waals surface area contributed by atoms with Gasteiger partial charge in [0, 0.05) is 18.1 Å². The molecule has 2 rings (SSSR count). The lowest BCUT2D eigenvalue weighted by Gasteiger charge is -2.45. The van der Waals surface area contributed by atoms with E-state index in [4.69, 9.17) is 0 Å². The minimum absolute atomic E-state index is 0.409. The monoisotopic (exact) mass is 260 g/mol. The van der Waals surface area contributed by atoms with Crippen LogP contribution in [0.5, 0.6) is 0 Å². The number of rotatable bonds is 6. The summed E-state index contributed by atoms with van der Waals surface area (Å²) in [5.74, 6) is 0.642. The van der Waals surface area contributed by atoms with Gasteiger partial charge in [0.1, 0.15) is 0 Å². The predicted molar refractivity (Wildman–Crippen MR) is 82.3 cm³/mol. The van der Waals surface area contributed by atoms with Crippen molar-refractivity contribution in [3.63, 3.8) is 0 Å². The summed E-state index contributed by atoms with van der Waals surface area (Å²) in [7, 11) is 4.39. The molecule has 0 radical (unpaired) electrons. The molecule has 2 atom stereocenters. The Balaban J connectivity index is 2.20. The summed E-state index contributed by atoms with van der Waals surface area (Å²) in [6.07, 6.45) is 4.13. The van der Waals surface area contributed by atoms with Gasteiger partial charge in [0.2, 0.25) is 0 Å². The summed E-state index contributed by atoms with van der Waals surface area (Å²) < 4.78 is 0. The van der Waals surface area contributed by atoms with Crippen molar-refractivity contribution >= 4 is 0 Å². The standard InChI is InChI=1S/C17H28N2/c1-13(2)17(19(4)15-11-8-12-15)16(18-3)14-9-6-5-7-10-14/h5-7,9-10,13,15-18H,8,11-12H2,1-4H3. The fourth-order valence-corrected chi connectivity index (χ4v) is 3.32. The van der Waals surface area contributed by atoms with Crippen LogP contribution >= 0.6 is 0 Å². The van der Waals surface area contributed by atoms with Crippen LogP contribution < -0.4 is 5.32 Å². The van der Waals surface area contributed by atoms with Crippen LogP contribution in [0.4, 0.5) is 0 Å². The number of hydrogen-bond acceptors (Lipinski definition) is 2. The molecule has 1 aromatic rings. The summed E-state index contributed by atoms with van der Waals surface area (Å²) >= 11 is 0. The van der Waals surface area contributed by atoms with Gasteiger partial charge in [-0.25, -0.2) is 0 Å². The zero-order valence-electron chi connectivity index (χ0n) is 12.8. The van der Waals surface area contributed by atoms with Gasteiger partial charge < -0.3 is 5.32 Å². The van der Waals surface area contributed by atoms with Crippen molar-refractivity contribution in [2.24, 2.45) is 5.92 Å². The Morgan fingerprint density at radius 1 is 1.16 bits per heavy atom. The third kappa shape index (κ3) is 3.18. The molecule has 0 spiro atoms.